The van der Waals surface area contributed by atoms with E-state index in [2.05, 4.69) is 5.16 Å². The van der Waals surface area contributed by atoms with Gasteiger partial charge in [-0.1, -0.05) is 53.2 Å². The maximum Gasteiger partial charge on any atom is 0.248 e. The number of benzene rings is 2. The number of amides is 1. The Kier molecular flexibility index (Phi) is 7.86. The summed E-state index contributed by atoms with van der Waals surface area (Å²) in [6.45, 7) is 6.28. The SMILES string of the molecule is Cc1ccc(/C=C/c2onc(C)c2S(=O)(=O)N2CCC(C(=O)N3CCN(c4ccccc4F)CC3)CC2)cc1. The topological polar surface area (TPSA) is 87.0 Å². The molecule has 0 N–H and O–H groups in total. The van der Waals surface area contributed by atoms with Crippen LogP contribution in [0.3, 0.4) is 0 Å². The fourth-order valence-corrected chi connectivity index (χ4v) is 6.97. The van der Waals surface area contributed by atoms with Crippen molar-refractivity contribution in [3.05, 3.63) is 76.9 Å². The normalized spacial score (nSPS) is 17.7. The highest BCUT2D eigenvalue weighted by atomic mass is 32.2. The number of anilines is 1. The fraction of sp³-hybridized carbons (Fsp3) is 0.379. The van der Waals surface area contributed by atoms with Crippen molar-refractivity contribution in [2.45, 2.75) is 31.6 Å². The zero-order chi connectivity index (χ0) is 27.6. The predicted molar refractivity (Wildman–Crippen MR) is 148 cm³/mol. The highest BCUT2D eigenvalue weighted by molar-refractivity contribution is 7.89. The van der Waals surface area contributed by atoms with Crippen molar-refractivity contribution >= 4 is 33.8 Å². The summed E-state index contributed by atoms with van der Waals surface area (Å²) in [7, 11) is -3.85. The van der Waals surface area contributed by atoms with E-state index in [0.717, 1.165) is 11.1 Å². The smallest absolute Gasteiger partial charge is 0.248 e. The lowest BCUT2D eigenvalue weighted by Crippen LogP contribution is -2.52. The Bertz CT molecular complexity index is 1450. The van der Waals surface area contributed by atoms with Gasteiger partial charge in [-0.25, -0.2) is 12.8 Å². The van der Waals surface area contributed by atoms with E-state index < -0.39 is 10.0 Å². The van der Waals surface area contributed by atoms with Crippen LogP contribution in [-0.4, -0.2) is 68.0 Å². The lowest BCUT2D eigenvalue weighted by Gasteiger charge is -2.39. The number of piperidine rings is 1. The van der Waals surface area contributed by atoms with Gasteiger partial charge in [0.25, 0.3) is 0 Å². The molecule has 3 aromatic rings. The summed E-state index contributed by atoms with van der Waals surface area (Å²) in [6, 6.07) is 14.5. The molecule has 2 aliphatic heterocycles. The van der Waals surface area contributed by atoms with E-state index in [1.807, 2.05) is 47.1 Å². The van der Waals surface area contributed by atoms with Gasteiger partial charge in [0.15, 0.2) is 10.7 Å². The molecule has 3 heterocycles. The van der Waals surface area contributed by atoms with Gasteiger partial charge in [-0.2, -0.15) is 4.31 Å². The molecule has 0 unspecified atom stereocenters. The predicted octanol–water partition coefficient (Wildman–Crippen LogP) is 4.35. The highest BCUT2D eigenvalue weighted by Gasteiger charge is 2.37. The van der Waals surface area contributed by atoms with E-state index in [-0.39, 0.29) is 41.4 Å². The molecule has 2 saturated heterocycles. The van der Waals surface area contributed by atoms with Crippen LogP contribution in [0.5, 0.6) is 0 Å². The molecule has 1 amide bonds. The van der Waals surface area contributed by atoms with E-state index in [4.69, 9.17) is 4.52 Å². The Labute approximate surface area is 228 Å². The molecule has 0 bridgehead atoms. The van der Waals surface area contributed by atoms with Crippen molar-refractivity contribution in [2.75, 3.05) is 44.2 Å². The summed E-state index contributed by atoms with van der Waals surface area (Å²) in [4.78, 5) is 17.1. The van der Waals surface area contributed by atoms with Crippen molar-refractivity contribution in [3.63, 3.8) is 0 Å². The summed E-state index contributed by atoms with van der Waals surface area (Å²) < 4.78 is 48.1. The van der Waals surface area contributed by atoms with Crippen LogP contribution in [0.15, 0.2) is 57.9 Å². The minimum absolute atomic E-state index is 0.0445. The lowest BCUT2D eigenvalue weighted by molar-refractivity contribution is -0.137. The maximum absolute atomic E-state index is 14.1. The Morgan fingerprint density at radius 1 is 0.949 bits per heavy atom. The quantitative estimate of drug-likeness (QED) is 0.452. The Morgan fingerprint density at radius 2 is 1.62 bits per heavy atom. The monoisotopic (exact) mass is 552 g/mol. The first kappa shape index (κ1) is 27.1. The van der Waals surface area contributed by atoms with Crippen molar-refractivity contribution in [3.8, 4) is 0 Å². The number of piperazine rings is 1. The number of halogens is 1. The second-order valence-electron chi connectivity index (χ2n) is 10.1. The lowest BCUT2D eigenvalue weighted by atomic mass is 9.96. The molecule has 0 atom stereocenters. The number of aromatic nitrogens is 1. The van der Waals surface area contributed by atoms with Gasteiger partial charge < -0.3 is 14.3 Å². The Hall–Kier alpha value is -3.50. The number of para-hydroxylation sites is 1. The summed E-state index contributed by atoms with van der Waals surface area (Å²) >= 11 is 0. The van der Waals surface area contributed by atoms with Gasteiger partial charge in [-0.3, -0.25) is 4.79 Å². The minimum Gasteiger partial charge on any atom is -0.366 e. The summed E-state index contributed by atoms with van der Waals surface area (Å²) in [5, 5.41) is 3.92. The van der Waals surface area contributed by atoms with Crippen LogP contribution in [0, 0.1) is 25.6 Å². The average Bonchev–Trinajstić information content (AvgIpc) is 3.34. The minimum atomic E-state index is -3.85. The molecule has 2 aromatic carbocycles. The van der Waals surface area contributed by atoms with Gasteiger partial charge in [-0.05, 0) is 50.5 Å². The zero-order valence-electron chi connectivity index (χ0n) is 22.2. The number of aryl methyl sites for hydroxylation is 2. The van der Waals surface area contributed by atoms with Crippen LogP contribution >= 0.6 is 0 Å². The molecule has 2 aliphatic rings. The summed E-state index contributed by atoms with van der Waals surface area (Å²) in [6.07, 6.45) is 4.33. The van der Waals surface area contributed by atoms with Gasteiger partial charge in [-0.15, -0.1) is 0 Å². The van der Waals surface area contributed by atoms with Crippen LogP contribution in [0.4, 0.5) is 10.1 Å². The molecule has 5 rings (SSSR count). The van der Waals surface area contributed by atoms with Crippen LogP contribution < -0.4 is 4.90 Å². The number of hydrogen-bond donors (Lipinski definition) is 0. The van der Waals surface area contributed by atoms with Crippen LogP contribution in [0.25, 0.3) is 12.2 Å². The van der Waals surface area contributed by atoms with Crippen molar-refractivity contribution < 1.29 is 22.1 Å². The van der Waals surface area contributed by atoms with Crippen LogP contribution in [0.1, 0.15) is 35.4 Å². The van der Waals surface area contributed by atoms with Gasteiger partial charge in [0.1, 0.15) is 11.5 Å². The number of carbonyl (C=O) groups excluding carboxylic acids is 1. The molecule has 0 aliphatic carbocycles. The van der Waals surface area contributed by atoms with Crippen molar-refractivity contribution in [2.24, 2.45) is 5.92 Å². The number of hydrogen-bond acceptors (Lipinski definition) is 6. The molecule has 0 radical (unpaired) electrons. The average molecular weight is 553 g/mol. The second kappa shape index (κ2) is 11.3. The largest absolute Gasteiger partial charge is 0.366 e. The molecule has 39 heavy (non-hydrogen) atoms. The number of sulfonamides is 1. The molecule has 206 valence electrons. The van der Waals surface area contributed by atoms with Crippen molar-refractivity contribution in [1.29, 1.82) is 0 Å². The second-order valence-corrected chi connectivity index (χ2v) is 12.0. The first-order valence-electron chi connectivity index (χ1n) is 13.2. The van der Waals surface area contributed by atoms with E-state index in [1.54, 1.807) is 31.2 Å². The van der Waals surface area contributed by atoms with Gasteiger partial charge in [0.2, 0.25) is 15.9 Å². The fourth-order valence-electron chi connectivity index (χ4n) is 5.25. The first-order valence-corrected chi connectivity index (χ1v) is 14.7. The van der Waals surface area contributed by atoms with Gasteiger partial charge in [0, 0.05) is 45.2 Å². The maximum atomic E-state index is 14.1. The molecule has 0 saturated carbocycles. The molecular weight excluding hydrogens is 519 g/mol. The van der Waals surface area contributed by atoms with Crippen molar-refractivity contribution in [1.82, 2.24) is 14.4 Å². The van der Waals surface area contributed by atoms with E-state index in [9.17, 15) is 17.6 Å². The molecule has 8 nitrogen and oxygen atoms in total. The number of carbonyl (C=O) groups is 1. The molecule has 1 aromatic heterocycles. The van der Waals surface area contributed by atoms with E-state index >= 15 is 0 Å². The third-order valence-corrected chi connectivity index (χ3v) is 9.58. The molecule has 10 heteroatoms. The zero-order valence-corrected chi connectivity index (χ0v) is 23.0. The van der Waals surface area contributed by atoms with E-state index in [0.29, 0.717) is 50.4 Å². The third kappa shape index (κ3) is 5.77. The molecule has 2 fully saturated rings. The van der Waals surface area contributed by atoms with E-state index in [1.165, 1.54) is 10.4 Å². The van der Waals surface area contributed by atoms with Gasteiger partial charge in [0.05, 0.1) is 5.69 Å². The molecular formula is C29H33FN4O4S. The van der Waals surface area contributed by atoms with Crippen LogP contribution in [0.2, 0.25) is 0 Å². The summed E-state index contributed by atoms with van der Waals surface area (Å²) in [5.74, 6) is -0.259. The Morgan fingerprint density at radius 3 is 2.28 bits per heavy atom. The number of nitrogens with zero attached hydrogens (tertiary/aromatic N) is 4. The Balaban J connectivity index is 1.20. The highest BCUT2D eigenvalue weighted by Crippen LogP contribution is 2.30. The molecule has 0 spiro atoms. The first-order chi connectivity index (χ1) is 18.7. The van der Waals surface area contributed by atoms with Gasteiger partial charge >= 0.3 is 0 Å². The number of rotatable bonds is 6. The summed E-state index contributed by atoms with van der Waals surface area (Å²) in [5.41, 5.74) is 2.93. The third-order valence-electron chi connectivity index (χ3n) is 7.52. The van der Waals surface area contributed by atoms with Crippen LogP contribution in [-0.2, 0) is 14.8 Å². The standard InChI is InChI=1S/C29H33FN4O4S/c1-21-7-9-23(10-8-21)11-12-27-28(22(2)31-38-27)39(36,37)34-15-13-24(14-16-34)29(35)33-19-17-32(18-20-33)26-6-4-3-5-25(26)30/h3-12,24H,13-20H2,1-2H3/b12-11+.